The number of hydrogen-bond acceptors (Lipinski definition) is 4. The van der Waals surface area contributed by atoms with E-state index in [1.807, 2.05) is 12.4 Å². The molecule has 0 amide bonds. The van der Waals surface area contributed by atoms with Crippen molar-refractivity contribution in [2.24, 2.45) is 0 Å². The minimum Gasteiger partial charge on any atom is -0.296 e. The molecule has 1 unspecified atom stereocenters. The average molecular weight is 274 g/mol. The van der Waals surface area contributed by atoms with Gasteiger partial charge in [-0.15, -0.1) is 11.3 Å². The topological polar surface area (TPSA) is 44.8 Å². The Hall–Kier alpha value is -1.20. The number of nitrogens with one attached hydrogen (secondary N) is 1. The fourth-order valence-electron chi connectivity index (χ4n) is 3.75. The molecule has 100 valence electrons. The maximum atomic E-state index is 4.42. The Balaban J connectivity index is 1.56. The Labute approximate surface area is 116 Å². The smallest absolute Gasteiger partial charge is 0.107 e. The highest BCUT2D eigenvalue weighted by Crippen LogP contribution is 2.44. The van der Waals surface area contributed by atoms with E-state index in [-0.39, 0.29) is 0 Å². The molecule has 1 aliphatic heterocycles. The number of aromatic amines is 1. The quantitative estimate of drug-likeness (QED) is 0.914. The van der Waals surface area contributed by atoms with E-state index in [0.717, 1.165) is 13.1 Å². The number of likely N-dealkylation sites (tertiary alicyclic amines) is 1. The Morgan fingerprint density at radius 1 is 1.42 bits per heavy atom. The van der Waals surface area contributed by atoms with Crippen LogP contribution in [0.5, 0.6) is 0 Å². The number of hydrogen-bond donors (Lipinski definition) is 1. The highest BCUT2D eigenvalue weighted by Gasteiger charge is 2.43. The zero-order valence-corrected chi connectivity index (χ0v) is 11.7. The fraction of sp³-hybridized carbons (Fsp3) is 0.571. The number of thiazole rings is 1. The summed E-state index contributed by atoms with van der Waals surface area (Å²) in [7, 11) is 0. The Morgan fingerprint density at radius 3 is 3.32 bits per heavy atom. The van der Waals surface area contributed by atoms with Gasteiger partial charge in [0.25, 0.3) is 0 Å². The minimum absolute atomic E-state index is 0.335. The van der Waals surface area contributed by atoms with Crippen LogP contribution in [-0.2, 0) is 18.4 Å². The number of rotatable bonds is 2. The zero-order valence-electron chi connectivity index (χ0n) is 10.9. The third kappa shape index (κ3) is 1.92. The number of nitrogens with zero attached hydrogens (tertiary/aromatic N) is 3. The van der Waals surface area contributed by atoms with Crippen LogP contribution in [0, 0.1) is 0 Å². The molecule has 4 nitrogen and oxygen atoms in total. The molecular weight excluding hydrogens is 256 g/mol. The van der Waals surface area contributed by atoms with Crippen molar-refractivity contribution >= 4 is 11.3 Å². The summed E-state index contributed by atoms with van der Waals surface area (Å²) in [6, 6.07) is 0. The fourth-order valence-corrected chi connectivity index (χ4v) is 4.41. The van der Waals surface area contributed by atoms with Crippen molar-refractivity contribution < 1.29 is 0 Å². The van der Waals surface area contributed by atoms with Gasteiger partial charge in [0.05, 0.1) is 12.7 Å². The van der Waals surface area contributed by atoms with E-state index in [0.29, 0.717) is 5.41 Å². The van der Waals surface area contributed by atoms with E-state index in [2.05, 4.69) is 25.5 Å². The molecule has 0 saturated carbocycles. The lowest BCUT2D eigenvalue weighted by atomic mass is 9.78. The summed E-state index contributed by atoms with van der Waals surface area (Å²) in [5.74, 6) is 0. The van der Waals surface area contributed by atoms with Crippen LogP contribution in [0.15, 0.2) is 17.8 Å². The van der Waals surface area contributed by atoms with Crippen molar-refractivity contribution in [3.05, 3.63) is 34.0 Å². The van der Waals surface area contributed by atoms with Crippen LogP contribution >= 0.6 is 11.3 Å². The molecular formula is C14H18N4S. The lowest BCUT2D eigenvalue weighted by Crippen LogP contribution is -2.44. The van der Waals surface area contributed by atoms with Crippen molar-refractivity contribution in [2.45, 2.75) is 37.6 Å². The van der Waals surface area contributed by atoms with E-state index < -0.39 is 0 Å². The number of piperidine rings is 1. The second-order valence-electron chi connectivity index (χ2n) is 5.79. The van der Waals surface area contributed by atoms with Gasteiger partial charge in [-0.3, -0.25) is 10.00 Å². The van der Waals surface area contributed by atoms with Crippen molar-refractivity contribution in [3.63, 3.8) is 0 Å². The van der Waals surface area contributed by atoms with Gasteiger partial charge in [-0.1, -0.05) is 0 Å². The van der Waals surface area contributed by atoms with Gasteiger partial charge in [0.1, 0.15) is 5.01 Å². The first kappa shape index (κ1) is 11.6. The molecule has 0 radical (unpaired) electrons. The molecule has 5 heteroatoms. The normalized spacial score (nSPS) is 26.9. The molecule has 1 aliphatic carbocycles. The van der Waals surface area contributed by atoms with E-state index in [4.69, 9.17) is 0 Å². The van der Waals surface area contributed by atoms with Crippen LogP contribution < -0.4 is 0 Å². The third-order valence-corrected chi connectivity index (χ3v) is 5.38. The number of H-pyrrole nitrogens is 1. The van der Waals surface area contributed by atoms with Gasteiger partial charge in [-0.25, -0.2) is 4.98 Å². The molecule has 1 N–H and O–H groups in total. The molecule has 1 atom stereocenters. The second-order valence-corrected chi connectivity index (χ2v) is 6.77. The summed E-state index contributed by atoms with van der Waals surface area (Å²) in [6.07, 6.45) is 8.98. The molecule has 1 spiro atoms. The standard InChI is InChI=1S/C14H18N4S/c1-3-14(4-2-11-8-16-17-13(11)14)10-18(6-1)9-12-15-5-7-19-12/h5,7-8H,1-4,6,9-10H2,(H,16,17). The first-order valence-corrected chi connectivity index (χ1v) is 7.87. The summed E-state index contributed by atoms with van der Waals surface area (Å²) < 4.78 is 0. The van der Waals surface area contributed by atoms with Crippen LogP contribution in [0.1, 0.15) is 35.5 Å². The van der Waals surface area contributed by atoms with E-state index in [1.54, 1.807) is 11.3 Å². The van der Waals surface area contributed by atoms with Crippen LogP contribution in [0.25, 0.3) is 0 Å². The van der Waals surface area contributed by atoms with Gasteiger partial charge in [0.15, 0.2) is 0 Å². The SMILES string of the molecule is c1csc(CN2CCCC3(CCc4cn[nH]c43)C2)n1. The van der Waals surface area contributed by atoms with Crippen molar-refractivity contribution in [1.82, 2.24) is 20.1 Å². The molecule has 2 aliphatic rings. The largest absolute Gasteiger partial charge is 0.296 e. The molecule has 19 heavy (non-hydrogen) atoms. The minimum atomic E-state index is 0.335. The lowest BCUT2D eigenvalue weighted by molar-refractivity contribution is 0.136. The Kier molecular flexibility index (Phi) is 2.70. The van der Waals surface area contributed by atoms with Gasteiger partial charge in [0.2, 0.25) is 0 Å². The van der Waals surface area contributed by atoms with Gasteiger partial charge in [-0.2, -0.15) is 5.10 Å². The van der Waals surface area contributed by atoms with Gasteiger partial charge >= 0.3 is 0 Å². The highest BCUT2D eigenvalue weighted by molar-refractivity contribution is 7.09. The molecule has 2 aromatic rings. The number of aryl methyl sites for hydroxylation is 1. The summed E-state index contributed by atoms with van der Waals surface area (Å²) in [6.45, 7) is 3.36. The predicted octanol–water partition coefficient (Wildman–Crippen LogP) is 2.35. The highest BCUT2D eigenvalue weighted by atomic mass is 32.1. The molecule has 2 aromatic heterocycles. The van der Waals surface area contributed by atoms with Crippen LogP contribution in [0.4, 0.5) is 0 Å². The zero-order chi connectivity index (χ0) is 12.7. The summed E-state index contributed by atoms with van der Waals surface area (Å²) >= 11 is 1.76. The Bertz CT molecular complexity index is 562. The molecule has 1 saturated heterocycles. The van der Waals surface area contributed by atoms with Crippen molar-refractivity contribution in [1.29, 1.82) is 0 Å². The summed E-state index contributed by atoms with van der Waals surface area (Å²) in [5, 5.41) is 10.8. The molecule has 1 fully saturated rings. The first-order chi connectivity index (χ1) is 9.36. The van der Waals surface area contributed by atoms with Crippen molar-refractivity contribution in [3.8, 4) is 0 Å². The van der Waals surface area contributed by atoms with Gasteiger partial charge < -0.3 is 0 Å². The average Bonchev–Trinajstić information content (AvgIpc) is 3.11. The van der Waals surface area contributed by atoms with E-state index in [9.17, 15) is 0 Å². The van der Waals surface area contributed by atoms with Crippen LogP contribution in [-0.4, -0.2) is 33.2 Å². The Morgan fingerprint density at radius 2 is 2.42 bits per heavy atom. The number of aromatic nitrogens is 3. The lowest BCUT2D eigenvalue weighted by Gasteiger charge is -2.40. The monoisotopic (exact) mass is 274 g/mol. The molecule has 3 heterocycles. The molecule has 4 rings (SSSR count). The van der Waals surface area contributed by atoms with Gasteiger partial charge in [0, 0.05) is 29.2 Å². The molecule has 0 bridgehead atoms. The molecule has 0 aromatic carbocycles. The van der Waals surface area contributed by atoms with Crippen LogP contribution in [0.2, 0.25) is 0 Å². The second kappa shape index (κ2) is 4.42. The third-order valence-electron chi connectivity index (χ3n) is 4.62. The van der Waals surface area contributed by atoms with Gasteiger partial charge in [-0.05, 0) is 37.8 Å². The predicted molar refractivity (Wildman–Crippen MR) is 75.2 cm³/mol. The maximum absolute atomic E-state index is 4.42. The summed E-state index contributed by atoms with van der Waals surface area (Å²) in [4.78, 5) is 6.98. The maximum Gasteiger partial charge on any atom is 0.107 e. The van der Waals surface area contributed by atoms with E-state index in [1.165, 1.54) is 48.5 Å². The van der Waals surface area contributed by atoms with Crippen LogP contribution in [0.3, 0.4) is 0 Å². The van der Waals surface area contributed by atoms with E-state index >= 15 is 0 Å². The first-order valence-electron chi connectivity index (χ1n) is 6.99. The summed E-state index contributed by atoms with van der Waals surface area (Å²) in [5.41, 5.74) is 3.19. The van der Waals surface area contributed by atoms with Crippen molar-refractivity contribution in [2.75, 3.05) is 13.1 Å². The number of fused-ring (bicyclic) bond motifs is 2.